The average Bonchev–Trinajstić information content (AvgIpc) is 2.89. The summed E-state index contributed by atoms with van der Waals surface area (Å²) in [6, 6.07) is 0.503. The van der Waals surface area contributed by atoms with Crippen LogP contribution in [-0.2, 0) is 4.74 Å². The molecule has 0 spiro atoms. The van der Waals surface area contributed by atoms with Crippen molar-refractivity contribution in [2.24, 2.45) is 10.7 Å². The monoisotopic (exact) mass is 211 g/mol. The molecule has 1 unspecified atom stereocenters. The Morgan fingerprint density at radius 1 is 1.47 bits per heavy atom. The number of nitrogens with two attached hydrogens (primary N) is 1. The fourth-order valence-corrected chi connectivity index (χ4v) is 1.89. The maximum absolute atomic E-state index is 5.97. The summed E-state index contributed by atoms with van der Waals surface area (Å²) >= 11 is 0. The van der Waals surface area contributed by atoms with Crippen LogP contribution in [0.3, 0.4) is 0 Å². The van der Waals surface area contributed by atoms with Gasteiger partial charge in [0.2, 0.25) is 0 Å². The molecule has 0 radical (unpaired) electrons. The molecule has 15 heavy (non-hydrogen) atoms. The molecule has 0 bridgehead atoms. The molecule has 2 rings (SSSR count). The van der Waals surface area contributed by atoms with Gasteiger partial charge in [-0.1, -0.05) is 0 Å². The van der Waals surface area contributed by atoms with E-state index in [1.54, 1.807) is 0 Å². The first-order valence-electron chi connectivity index (χ1n) is 5.99. The minimum atomic E-state index is 0.359. The Balaban J connectivity index is 1.84. The van der Waals surface area contributed by atoms with Crippen molar-refractivity contribution in [1.82, 2.24) is 4.90 Å². The van der Waals surface area contributed by atoms with Gasteiger partial charge in [0.05, 0.1) is 12.1 Å². The van der Waals surface area contributed by atoms with E-state index in [0.717, 1.165) is 26.1 Å². The minimum absolute atomic E-state index is 0.359. The van der Waals surface area contributed by atoms with Crippen LogP contribution >= 0.6 is 0 Å². The molecule has 2 aliphatic rings. The normalized spacial score (nSPS) is 27.0. The second-order valence-corrected chi connectivity index (χ2v) is 4.39. The van der Waals surface area contributed by atoms with E-state index in [2.05, 4.69) is 16.8 Å². The van der Waals surface area contributed by atoms with Gasteiger partial charge in [0.1, 0.15) is 0 Å². The molecule has 0 aromatic heterocycles. The Bertz CT molecular complexity index is 232. The van der Waals surface area contributed by atoms with Crippen LogP contribution in [0.25, 0.3) is 0 Å². The molecule has 0 aromatic carbocycles. The standard InChI is InChI=1S/C11H21N3O/c1-2-14(8-10-4-3-7-15-10)11(12)13-9-5-6-9/h9-10H,2-8H2,1H3,(H2,12,13). The minimum Gasteiger partial charge on any atom is -0.376 e. The van der Waals surface area contributed by atoms with Crippen molar-refractivity contribution in [3.63, 3.8) is 0 Å². The van der Waals surface area contributed by atoms with Gasteiger partial charge in [0.25, 0.3) is 0 Å². The number of rotatable bonds is 4. The van der Waals surface area contributed by atoms with Gasteiger partial charge in [-0.05, 0) is 32.6 Å². The van der Waals surface area contributed by atoms with Crippen molar-refractivity contribution in [3.05, 3.63) is 0 Å². The molecule has 1 atom stereocenters. The molecule has 1 aliphatic heterocycles. The van der Waals surface area contributed by atoms with Gasteiger partial charge >= 0.3 is 0 Å². The molecule has 86 valence electrons. The quantitative estimate of drug-likeness (QED) is 0.557. The summed E-state index contributed by atoms with van der Waals surface area (Å²) in [6.45, 7) is 4.84. The Labute approximate surface area is 91.5 Å². The van der Waals surface area contributed by atoms with E-state index in [1.165, 1.54) is 19.3 Å². The van der Waals surface area contributed by atoms with Crippen molar-refractivity contribution in [2.75, 3.05) is 19.7 Å². The van der Waals surface area contributed by atoms with Gasteiger partial charge in [0, 0.05) is 19.7 Å². The topological polar surface area (TPSA) is 50.9 Å². The van der Waals surface area contributed by atoms with Gasteiger partial charge < -0.3 is 15.4 Å². The van der Waals surface area contributed by atoms with E-state index < -0.39 is 0 Å². The van der Waals surface area contributed by atoms with Crippen LogP contribution in [0.15, 0.2) is 4.99 Å². The summed E-state index contributed by atoms with van der Waals surface area (Å²) in [5.41, 5.74) is 5.97. The lowest BCUT2D eigenvalue weighted by Gasteiger charge is -2.24. The number of likely N-dealkylation sites (N-methyl/N-ethyl adjacent to an activating group) is 1. The Hall–Kier alpha value is -0.770. The first kappa shape index (κ1) is 10.7. The van der Waals surface area contributed by atoms with Gasteiger partial charge in [-0.3, -0.25) is 0 Å². The number of ether oxygens (including phenoxy) is 1. The van der Waals surface area contributed by atoms with Crippen LogP contribution in [0, 0.1) is 0 Å². The van der Waals surface area contributed by atoms with Crippen molar-refractivity contribution >= 4 is 5.96 Å². The number of hydrogen-bond acceptors (Lipinski definition) is 2. The molecule has 4 heteroatoms. The molecule has 0 amide bonds. The highest BCUT2D eigenvalue weighted by Crippen LogP contribution is 2.23. The molecule has 0 aromatic rings. The van der Waals surface area contributed by atoms with Gasteiger partial charge in [0.15, 0.2) is 5.96 Å². The zero-order valence-electron chi connectivity index (χ0n) is 9.48. The maximum atomic E-state index is 5.97. The first-order valence-corrected chi connectivity index (χ1v) is 5.99. The highest BCUT2D eigenvalue weighted by Gasteiger charge is 2.23. The summed E-state index contributed by atoms with van der Waals surface area (Å²) in [4.78, 5) is 6.60. The molecular weight excluding hydrogens is 190 g/mol. The SMILES string of the molecule is CCN(CC1CCCO1)C(N)=NC1CC1. The Kier molecular flexibility index (Phi) is 3.46. The van der Waals surface area contributed by atoms with Crippen molar-refractivity contribution in [2.45, 2.75) is 44.8 Å². The fraction of sp³-hybridized carbons (Fsp3) is 0.909. The van der Waals surface area contributed by atoms with Crippen LogP contribution in [0.5, 0.6) is 0 Å². The van der Waals surface area contributed by atoms with Crippen molar-refractivity contribution in [3.8, 4) is 0 Å². The highest BCUT2D eigenvalue weighted by molar-refractivity contribution is 5.78. The molecule has 1 saturated carbocycles. The zero-order valence-corrected chi connectivity index (χ0v) is 9.48. The molecule has 1 heterocycles. The van der Waals surface area contributed by atoms with Crippen LogP contribution in [0.2, 0.25) is 0 Å². The number of aliphatic imine (C=N–C) groups is 1. The maximum Gasteiger partial charge on any atom is 0.191 e. The van der Waals surface area contributed by atoms with Gasteiger partial charge in [-0.2, -0.15) is 0 Å². The summed E-state index contributed by atoms with van der Waals surface area (Å²) in [5.74, 6) is 0.704. The van der Waals surface area contributed by atoms with E-state index in [0.29, 0.717) is 18.1 Å². The third kappa shape index (κ3) is 3.09. The fourth-order valence-electron chi connectivity index (χ4n) is 1.89. The summed E-state index contributed by atoms with van der Waals surface area (Å²) in [7, 11) is 0. The third-order valence-corrected chi connectivity index (χ3v) is 3.02. The molecular formula is C11H21N3O. The van der Waals surface area contributed by atoms with Crippen LogP contribution in [-0.4, -0.2) is 42.7 Å². The lowest BCUT2D eigenvalue weighted by molar-refractivity contribution is 0.0919. The smallest absolute Gasteiger partial charge is 0.191 e. The first-order chi connectivity index (χ1) is 7.29. The Morgan fingerprint density at radius 3 is 2.80 bits per heavy atom. The second kappa shape index (κ2) is 4.84. The lowest BCUT2D eigenvalue weighted by Crippen LogP contribution is -2.42. The molecule has 4 nitrogen and oxygen atoms in total. The predicted octanol–water partition coefficient (Wildman–Crippen LogP) is 0.964. The van der Waals surface area contributed by atoms with Crippen LogP contribution in [0.1, 0.15) is 32.6 Å². The predicted molar refractivity (Wildman–Crippen MR) is 60.9 cm³/mol. The van der Waals surface area contributed by atoms with Crippen molar-refractivity contribution < 1.29 is 4.74 Å². The Morgan fingerprint density at radius 2 is 2.27 bits per heavy atom. The summed E-state index contributed by atoms with van der Waals surface area (Å²) in [6.07, 6.45) is 5.11. The van der Waals surface area contributed by atoms with Crippen LogP contribution in [0.4, 0.5) is 0 Å². The summed E-state index contributed by atoms with van der Waals surface area (Å²) in [5, 5.41) is 0. The van der Waals surface area contributed by atoms with E-state index in [1.807, 2.05) is 0 Å². The number of guanidine groups is 1. The van der Waals surface area contributed by atoms with E-state index in [-0.39, 0.29) is 0 Å². The van der Waals surface area contributed by atoms with Gasteiger partial charge in [-0.25, -0.2) is 4.99 Å². The number of hydrogen-bond donors (Lipinski definition) is 1. The highest BCUT2D eigenvalue weighted by atomic mass is 16.5. The average molecular weight is 211 g/mol. The molecule has 2 N–H and O–H groups in total. The van der Waals surface area contributed by atoms with Crippen molar-refractivity contribution in [1.29, 1.82) is 0 Å². The molecule has 1 aliphatic carbocycles. The number of nitrogens with zero attached hydrogens (tertiary/aromatic N) is 2. The van der Waals surface area contributed by atoms with Crippen LogP contribution < -0.4 is 5.73 Å². The zero-order chi connectivity index (χ0) is 10.7. The van der Waals surface area contributed by atoms with Gasteiger partial charge in [-0.15, -0.1) is 0 Å². The third-order valence-electron chi connectivity index (χ3n) is 3.02. The lowest BCUT2D eigenvalue weighted by atomic mass is 10.2. The van der Waals surface area contributed by atoms with E-state index >= 15 is 0 Å². The second-order valence-electron chi connectivity index (χ2n) is 4.39. The van der Waals surface area contributed by atoms with E-state index in [4.69, 9.17) is 10.5 Å². The molecule has 2 fully saturated rings. The van der Waals surface area contributed by atoms with E-state index in [9.17, 15) is 0 Å². The largest absolute Gasteiger partial charge is 0.376 e. The summed E-state index contributed by atoms with van der Waals surface area (Å²) < 4.78 is 5.60. The molecule has 1 saturated heterocycles.